The van der Waals surface area contributed by atoms with Gasteiger partial charge in [0.1, 0.15) is 0 Å². The lowest BCUT2D eigenvalue weighted by Gasteiger charge is -2.07. The van der Waals surface area contributed by atoms with Crippen molar-refractivity contribution in [2.24, 2.45) is 0 Å². The molecule has 3 nitrogen and oxygen atoms in total. The molecule has 0 atom stereocenters. The van der Waals surface area contributed by atoms with Crippen LogP contribution >= 0.6 is 34.8 Å². The first kappa shape index (κ1) is 14.3. The Bertz CT molecular complexity index is 437. The van der Waals surface area contributed by atoms with Crippen molar-refractivity contribution in [2.45, 2.75) is 19.8 Å². The van der Waals surface area contributed by atoms with Gasteiger partial charge < -0.3 is 0 Å². The van der Waals surface area contributed by atoms with E-state index in [1.54, 1.807) is 0 Å². The molecule has 1 rings (SSSR count). The molecule has 0 heterocycles. The van der Waals surface area contributed by atoms with Crippen LogP contribution in [-0.2, 0) is 4.79 Å². The maximum Gasteiger partial charge on any atom is 0.260 e. The van der Waals surface area contributed by atoms with Crippen molar-refractivity contribution in [3.05, 3.63) is 32.8 Å². The highest BCUT2D eigenvalue weighted by molar-refractivity contribution is 6.42. The lowest BCUT2D eigenvalue weighted by Crippen LogP contribution is -2.30. The standard InChI is InChI=1S/C11H10Cl3NO2/c1-2-3-9(16)15-11(17)10-7(13)4-6(12)5-8(10)14/h4-5H,2-3H2,1H3,(H,15,16,17). The highest BCUT2D eigenvalue weighted by Crippen LogP contribution is 2.28. The summed E-state index contributed by atoms with van der Waals surface area (Å²) in [6.07, 6.45) is 0.926. The molecular formula is C11H10Cl3NO2. The predicted octanol–water partition coefficient (Wildman–Crippen LogP) is 3.70. The molecule has 0 aliphatic rings. The third-order valence-electron chi connectivity index (χ3n) is 1.96. The summed E-state index contributed by atoms with van der Waals surface area (Å²) in [6.45, 7) is 1.84. The van der Waals surface area contributed by atoms with Gasteiger partial charge in [-0.15, -0.1) is 0 Å². The van der Waals surface area contributed by atoms with E-state index in [1.807, 2.05) is 6.92 Å². The average molecular weight is 295 g/mol. The van der Waals surface area contributed by atoms with Gasteiger partial charge in [-0.3, -0.25) is 14.9 Å². The molecule has 0 saturated heterocycles. The van der Waals surface area contributed by atoms with Crippen LogP contribution in [-0.4, -0.2) is 11.8 Å². The molecule has 1 N–H and O–H groups in total. The number of rotatable bonds is 3. The number of carbonyl (C=O) groups excluding carboxylic acids is 2. The smallest absolute Gasteiger partial charge is 0.260 e. The molecular weight excluding hydrogens is 284 g/mol. The number of halogens is 3. The van der Waals surface area contributed by atoms with Crippen LogP contribution in [0.25, 0.3) is 0 Å². The summed E-state index contributed by atoms with van der Waals surface area (Å²) in [6, 6.07) is 2.79. The number of hydrogen-bond acceptors (Lipinski definition) is 2. The predicted molar refractivity (Wildman–Crippen MR) is 68.9 cm³/mol. The van der Waals surface area contributed by atoms with Crippen LogP contribution in [0, 0.1) is 0 Å². The van der Waals surface area contributed by atoms with Crippen LogP contribution in [0.5, 0.6) is 0 Å². The number of imide groups is 1. The van der Waals surface area contributed by atoms with Crippen molar-refractivity contribution < 1.29 is 9.59 Å². The van der Waals surface area contributed by atoms with Gasteiger partial charge in [0.25, 0.3) is 5.91 Å². The fraction of sp³-hybridized carbons (Fsp3) is 0.273. The van der Waals surface area contributed by atoms with Crippen LogP contribution in [0.4, 0.5) is 0 Å². The number of carbonyl (C=O) groups is 2. The lowest BCUT2D eigenvalue weighted by atomic mass is 10.2. The Balaban J connectivity index is 2.93. The van der Waals surface area contributed by atoms with Crippen LogP contribution in [0.15, 0.2) is 12.1 Å². The molecule has 0 radical (unpaired) electrons. The van der Waals surface area contributed by atoms with Gasteiger partial charge in [-0.25, -0.2) is 0 Å². The Morgan fingerprint density at radius 3 is 2.18 bits per heavy atom. The van der Waals surface area contributed by atoms with E-state index in [1.165, 1.54) is 12.1 Å². The molecule has 0 bridgehead atoms. The Morgan fingerprint density at radius 2 is 1.71 bits per heavy atom. The lowest BCUT2D eigenvalue weighted by molar-refractivity contribution is -0.120. The van der Waals surface area contributed by atoms with Crippen molar-refractivity contribution in [3.8, 4) is 0 Å². The summed E-state index contributed by atoms with van der Waals surface area (Å²) in [5.41, 5.74) is 0.0576. The largest absolute Gasteiger partial charge is 0.292 e. The third-order valence-corrected chi connectivity index (χ3v) is 2.78. The molecule has 0 fully saturated rings. The van der Waals surface area contributed by atoms with Gasteiger partial charge in [0.15, 0.2) is 0 Å². The van der Waals surface area contributed by atoms with E-state index in [4.69, 9.17) is 34.8 Å². The molecule has 0 aromatic heterocycles. The zero-order valence-electron chi connectivity index (χ0n) is 9.02. The molecule has 0 unspecified atom stereocenters. The minimum Gasteiger partial charge on any atom is -0.292 e. The van der Waals surface area contributed by atoms with Crippen LogP contribution < -0.4 is 5.32 Å². The fourth-order valence-corrected chi connectivity index (χ4v) is 2.23. The Hall–Kier alpha value is -0.770. The summed E-state index contributed by atoms with van der Waals surface area (Å²) in [5, 5.41) is 2.77. The maximum absolute atomic E-state index is 11.7. The molecule has 0 aliphatic carbocycles. The molecule has 6 heteroatoms. The van der Waals surface area contributed by atoms with Gasteiger partial charge in [-0.05, 0) is 18.6 Å². The zero-order chi connectivity index (χ0) is 13.0. The minimum absolute atomic E-state index is 0.0576. The van der Waals surface area contributed by atoms with Crippen molar-refractivity contribution in [3.63, 3.8) is 0 Å². The van der Waals surface area contributed by atoms with Crippen molar-refractivity contribution >= 4 is 46.6 Å². The number of hydrogen-bond donors (Lipinski definition) is 1. The fourth-order valence-electron chi connectivity index (χ4n) is 1.24. The van der Waals surface area contributed by atoms with E-state index in [2.05, 4.69) is 5.32 Å². The summed E-state index contributed by atoms with van der Waals surface area (Å²) >= 11 is 17.4. The van der Waals surface area contributed by atoms with E-state index in [-0.39, 0.29) is 27.9 Å². The van der Waals surface area contributed by atoms with Gasteiger partial charge in [-0.1, -0.05) is 41.7 Å². The van der Waals surface area contributed by atoms with Crippen LogP contribution in [0.2, 0.25) is 15.1 Å². The van der Waals surface area contributed by atoms with Gasteiger partial charge in [-0.2, -0.15) is 0 Å². The Labute approximate surface area is 114 Å². The summed E-state index contributed by atoms with van der Waals surface area (Å²) in [7, 11) is 0. The minimum atomic E-state index is -0.616. The third kappa shape index (κ3) is 3.87. The molecule has 0 saturated carbocycles. The number of amides is 2. The van der Waals surface area contributed by atoms with Crippen LogP contribution in [0.1, 0.15) is 30.1 Å². The van der Waals surface area contributed by atoms with E-state index in [0.717, 1.165) is 0 Å². The van der Waals surface area contributed by atoms with Gasteiger partial charge in [0.2, 0.25) is 5.91 Å². The van der Waals surface area contributed by atoms with E-state index in [0.29, 0.717) is 11.4 Å². The van der Waals surface area contributed by atoms with Gasteiger partial charge in [0, 0.05) is 11.4 Å². The van der Waals surface area contributed by atoms with Gasteiger partial charge >= 0.3 is 0 Å². The Kier molecular flexibility index (Phi) is 5.25. The first-order valence-corrected chi connectivity index (χ1v) is 6.07. The van der Waals surface area contributed by atoms with Crippen molar-refractivity contribution in [1.82, 2.24) is 5.32 Å². The average Bonchev–Trinajstić information content (AvgIpc) is 2.15. The second kappa shape index (κ2) is 6.24. The van der Waals surface area contributed by atoms with Crippen molar-refractivity contribution in [1.29, 1.82) is 0 Å². The topological polar surface area (TPSA) is 46.2 Å². The molecule has 0 spiro atoms. The van der Waals surface area contributed by atoms with Gasteiger partial charge in [0.05, 0.1) is 15.6 Å². The number of nitrogens with one attached hydrogen (secondary N) is 1. The second-order valence-corrected chi connectivity index (χ2v) is 4.62. The highest BCUT2D eigenvalue weighted by Gasteiger charge is 2.17. The first-order chi connectivity index (χ1) is 7.95. The van der Waals surface area contributed by atoms with Crippen molar-refractivity contribution in [2.75, 3.05) is 0 Å². The molecule has 2 amide bonds. The molecule has 0 aliphatic heterocycles. The van der Waals surface area contributed by atoms with E-state index >= 15 is 0 Å². The maximum atomic E-state index is 11.7. The zero-order valence-corrected chi connectivity index (χ0v) is 11.3. The monoisotopic (exact) mass is 293 g/mol. The quantitative estimate of drug-likeness (QED) is 0.924. The molecule has 1 aromatic rings. The summed E-state index contributed by atoms with van der Waals surface area (Å²) < 4.78 is 0. The SMILES string of the molecule is CCCC(=O)NC(=O)c1c(Cl)cc(Cl)cc1Cl. The summed E-state index contributed by atoms with van der Waals surface area (Å²) in [5.74, 6) is -0.977. The molecule has 92 valence electrons. The Morgan fingerprint density at radius 1 is 1.18 bits per heavy atom. The molecule has 1 aromatic carbocycles. The van der Waals surface area contributed by atoms with E-state index in [9.17, 15) is 9.59 Å². The normalized spacial score (nSPS) is 10.1. The van der Waals surface area contributed by atoms with E-state index < -0.39 is 5.91 Å². The first-order valence-electron chi connectivity index (χ1n) is 4.94. The second-order valence-electron chi connectivity index (χ2n) is 3.37. The molecule has 17 heavy (non-hydrogen) atoms. The van der Waals surface area contributed by atoms with Crippen LogP contribution in [0.3, 0.4) is 0 Å². The number of benzene rings is 1. The summed E-state index contributed by atoms with van der Waals surface area (Å²) in [4.78, 5) is 23.0. The highest BCUT2D eigenvalue weighted by atomic mass is 35.5.